The van der Waals surface area contributed by atoms with Crippen molar-refractivity contribution >= 4 is 5.69 Å². The Bertz CT molecular complexity index is 782. The molecule has 0 spiro atoms. The molecule has 1 unspecified atom stereocenters. The van der Waals surface area contributed by atoms with Crippen molar-refractivity contribution in [2.45, 2.75) is 73.6 Å². The molecule has 1 aromatic carbocycles. The fourth-order valence-corrected chi connectivity index (χ4v) is 4.77. The summed E-state index contributed by atoms with van der Waals surface area (Å²) < 4.78 is 0. The highest BCUT2D eigenvalue weighted by Crippen LogP contribution is 2.41. The van der Waals surface area contributed by atoms with Crippen molar-refractivity contribution in [2.24, 2.45) is 17.8 Å². The summed E-state index contributed by atoms with van der Waals surface area (Å²) in [6.45, 7) is 19.5. The van der Waals surface area contributed by atoms with Gasteiger partial charge in [0.15, 0.2) is 0 Å². The first-order chi connectivity index (χ1) is 13.7. The minimum absolute atomic E-state index is 0.512. The molecule has 2 aliphatic rings. The largest absolute Gasteiger partial charge is 0.331 e. The van der Waals surface area contributed by atoms with Crippen molar-refractivity contribution in [3.63, 3.8) is 0 Å². The lowest BCUT2D eigenvalue weighted by Crippen LogP contribution is -2.32. The number of allylic oxidation sites excluding steroid dienone is 4. The summed E-state index contributed by atoms with van der Waals surface area (Å²) in [6.07, 6.45) is 10.5. The fourth-order valence-electron chi connectivity index (χ4n) is 4.77. The highest BCUT2D eigenvalue weighted by molar-refractivity contribution is 5.64. The van der Waals surface area contributed by atoms with Crippen LogP contribution in [0, 0.1) is 17.8 Å². The van der Waals surface area contributed by atoms with Crippen LogP contribution in [0.3, 0.4) is 0 Å². The molecule has 0 saturated carbocycles. The van der Waals surface area contributed by atoms with Crippen LogP contribution in [0.4, 0.5) is 5.69 Å². The molecular formula is C27H40N2. The van der Waals surface area contributed by atoms with E-state index in [4.69, 9.17) is 0 Å². The third-order valence-electron chi connectivity index (χ3n) is 6.43. The molecule has 1 aliphatic heterocycles. The molecule has 0 aromatic heterocycles. The van der Waals surface area contributed by atoms with Gasteiger partial charge in [-0.25, -0.2) is 0 Å². The Kier molecular flexibility index (Phi) is 6.61. The molecule has 0 fully saturated rings. The van der Waals surface area contributed by atoms with Crippen LogP contribution in [-0.2, 0) is 0 Å². The van der Waals surface area contributed by atoms with E-state index >= 15 is 0 Å². The summed E-state index contributed by atoms with van der Waals surface area (Å²) >= 11 is 0. The Labute approximate surface area is 179 Å². The van der Waals surface area contributed by atoms with E-state index in [9.17, 15) is 0 Å². The van der Waals surface area contributed by atoms with Crippen LogP contribution >= 0.6 is 0 Å². The van der Waals surface area contributed by atoms with Gasteiger partial charge in [-0.3, -0.25) is 0 Å². The molecule has 29 heavy (non-hydrogen) atoms. The third kappa shape index (κ3) is 4.32. The van der Waals surface area contributed by atoms with Crippen LogP contribution in [0.2, 0.25) is 0 Å². The lowest BCUT2D eigenvalue weighted by Gasteiger charge is -2.36. The maximum Gasteiger partial charge on any atom is 0.0986 e. The average molecular weight is 393 g/mol. The Morgan fingerprint density at radius 1 is 0.793 bits per heavy atom. The minimum Gasteiger partial charge on any atom is -0.331 e. The number of benzene rings is 1. The van der Waals surface area contributed by atoms with E-state index in [1.165, 1.54) is 28.1 Å². The number of anilines is 1. The van der Waals surface area contributed by atoms with Gasteiger partial charge in [0.05, 0.1) is 6.67 Å². The topological polar surface area (TPSA) is 6.48 Å². The van der Waals surface area contributed by atoms with Crippen molar-refractivity contribution in [2.75, 3.05) is 11.6 Å². The lowest BCUT2D eigenvalue weighted by atomic mass is 9.80. The van der Waals surface area contributed by atoms with E-state index in [0.717, 1.165) is 13.1 Å². The Balaban J connectivity index is 2.01. The van der Waals surface area contributed by atoms with E-state index in [2.05, 4.69) is 108 Å². The van der Waals surface area contributed by atoms with Gasteiger partial charge < -0.3 is 9.80 Å². The van der Waals surface area contributed by atoms with Gasteiger partial charge >= 0.3 is 0 Å². The van der Waals surface area contributed by atoms with E-state index in [1.807, 2.05) is 0 Å². The SMILES string of the molecule is CC(C)C1=C(N2C=CN(c3c(C(C)C)cccc3C(C)C)C2)C(C(C)C)CC=C1. The molecule has 2 heteroatoms. The molecule has 0 bridgehead atoms. The zero-order valence-electron chi connectivity index (χ0n) is 19.7. The molecule has 1 aromatic rings. The predicted molar refractivity (Wildman–Crippen MR) is 127 cm³/mol. The van der Waals surface area contributed by atoms with E-state index in [1.54, 1.807) is 0 Å². The monoisotopic (exact) mass is 392 g/mol. The Morgan fingerprint density at radius 3 is 1.90 bits per heavy atom. The molecule has 0 amide bonds. The molecule has 0 saturated heterocycles. The van der Waals surface area contributed by atoms with Gasteiger partial charge in [-0.1, -0.05) is 85.7 Å². The van der Waals surface area contributed by atoms with Crippen molar-refractivity contribution in [3.05, 3.63) is 65.1 Å². The highest BCUT2D eigenvalue weighted by atomic mass is 15.3. The number of nitrogens with zero attached hydrogens (tertiary/aromatic N) is 2. The molecule has 0 N–H and O–H groups in total. The smallest absolute Gasteiger partial charge is 0.0986 e. The quantitative estimate of drug-likeness (QED) is 0.491. The van der Waals surface area contributed by atoms with Gasteiger partial charge in [0.1, 0.15) is 0 Å². The second-order valence-electron chi connectivity index (χ2n) is 9.96. The maximum atomic E-state index is 2.52. The van der Waals surface area contributed by atoms with Crippen LogP contribution in [-0.4, -0.2) is 11.6 Å². The van der Waals surface area contributed by atoms with E-state index in [0.29, 0.717) is 29.6 Å². The highest BCUT2D eigenvalue weighted by Gasteiger charge is 2.31. The van der Waals surface area contributed by atoms with Gasteiger partial charge in [0.2, 0.25) is 0 Å². The van der Waals surface area contributed by atoms with Crippen LogP contribution in [0.1, 0.15) is 84.8 Å². The van der Waals surface area contributed by atoms with Crippen LogP contribution in [0.15, 0.2) is 54.0 Å². The van der Waals surface area contributed by atoms with E-state index < -0.39 is 0 Å². The summed E-state index contributed by atoms with van der Waals surface area (Å²) in [4.78, 5) is 5.00. The first kappa shape index (κ1) is 21.7. The van der Waals surface area contributed by atoms with Gasteiger partial charge in [-0.15, -0.1) is 0 Å². The maximum absolute atomic E-state index is 2.52. The number of rotatable bonds is 6. The molecule has 0 radical (unpaired) electrons. The zero-order chi connectivity index (χ0) is 21.3. The summed E-state index contributed by atoms with van der Waals surface area (Å²) in [5, 5.41) is 0. The number of para-hydroxylation sites is 1. The predicted octanol–water partition coefficient (Wildman–Crippen LogP) is 7.63. The second kappa shape index (κ2) is 8.81. The Hall–Kier alpha value is -1.96. The lowest BCUT2D eigenvalue weighted by molar-refractivity contribution is 0.335. The van der Waals surface area contributed by atoms with Gasteiger partial charge in [0, 0.05) is 29.7 Å². The summed E-state index contributed by atoms with van der Waals surface area (Å²) in [5.41, 5.74) is 7.34. The van der Waals surface area contributed by atoms with E-state index in [-0.39, 0.29) is 0 Å². The van der Waals surface area contributed by atoms with Crippen molar-refractivity contribution in [1.82, 2.24) is 4.90 Å². The minimum atomic E-state index is 0.512. The number of hydrogen-bond donors (Lipinski definition) is 0. The molecule has 1 heterocycles. The first-order valence-corrected chi connectivity index (χ1v) is 11.5. The van der Waals surface area contributed by atoms with Crippen molar-refractivity contribution in [3.8, 4) is 0 Å². The summed E-state index contributed by atoms with van der Waals surface area (Å²) in [7, 11) is 0. The normalized spacial score (nSPS) is 19.8. The van der Waals surface area contributed by atoms with Gasteiger partial charge in [-0.05, 0) is 46.8 Å². The first-order valence-electron chi connectivity index (χ1n) is 11.5. The van der Waals surface area contributed by atoms with Crippen LogP contribution < -0.4 is 4.90 Å². The third-order valence-corrected chi connectivity index (χ3v) is 6.43. The summed E-state index contributed by atoms with van der Waals surface area (Å²) in [6, 6.07) is 6.84. The fraction of sp³-hybridized carbons (Fsp3) is 0.556. The standard InChI is InChI=1S/C27H40N2/c1-18(2)22-11-9-12-23(19(3)4)26(22)28-15-16-29(17-28)27-24(20(5)6)13-10-14-25(27)21(7)8/h9-13,15-16,18-21,25H,14,17H2,1-8H3. The molecule has 1 aliphatic carbocycles. The second-order valence-corrected chi connectivity index (χ2v) is 9.96. The molecular weight excluding hydrogens is 352 g/mol. The molecule has 3 rings (SSSR count). The van der Waals surface area contributed by atoms with Gasteiger partial charge in [0.25, 0.3) is 0 Å². The van der Waals surface area contributed by atoms with Crippen molar-refractivity contribution in [1.29, 1.82) is 0 Å². The van der Waals surface area contributed by atoms with Gasteiger partial charge in [-0.2, -0.15) is 0 Å². The molecule has 2 nitrogen and oxygen atoms in total. The number of hydrogen-bond acceptors (Lipinski definition) is 2. The summed E-state index contributed by atoms with van der Waals surface area (Å²) in [5.74, 6) is 2.79. The zero-order valence-corrected chi connectivity index (χ0v) is 19.7. The van der Waals surface area contributed by atoms with Crippen LogP contribution in [0.25, 0.3) is 0 Å². The molecule has 158 valence electrons. The molecule has 1 atom stereocenters. The van der Waals surface area contributed by atoms with Crippen LogP contribution in [0.5, 0.6) is 0 Å². The average Bonchev–Trinajstić information content (AvgIpc) is 3.15. The van der Waals surface area contributed by atoms with Crippen molar-refractivity contribution < 1.29 is 0 Å². The Morgan fingerprint density at radius 2 is 1.38 bits per heavy atom.